The molecule has 0 spiro atoms. The van der Waals surface area contributed by atoms with Crippen LogP contribution in [0.4, 0.5) is 0 Å². The fourth-order valence-corrected chi connectivity index (χ4v) is 1.32. The van der Waals surface area contributed by atoms with Crippen LogP contribution in [0.3, 0.4) is 0 Å². The van der Waals surface area contributed by atoms with Gasteiger partial charge in [-0.15, -0.1) is 0 Å². The lowest BCUT2D eigenvalue weighted by molar-refractivity contribution is 0.473. The third-order valence-corrected chi connectivity index (χ3v) is 2.05. The Hall–Kier alpha value is -1.68. The van der Waals surface area contributed by atoms with Crippen molar-refractivity contribution in [3.8, 4) is 0 Å². The maximum Gasteiger partial charge on any atom is 0.0800 e. The molecule has 1 aromatic heterocycles. The van der Waals surface area contributed by atoms with E-state index in [0.29, 0.717) is 6.54 Å². The molecule has 0 aliphatic rings. The van der Waals surface area contributed by atoms with Gasteiger partial charge >= 0.3 is 0 Å². The molecule has 0 radical (unpaired) electrons. The number of aromatic nitrogens is 3. The molecule has 2 rings (SSSR count). The van der Waals surface area contributed by atoms with Crippen molar-refractivity contribution in [2.75, 3.05) is 0 Å². The highest BCUT2D eigenvalue weighted by Gasteiger charge is 2.06. The highest BCUT2D eigenvalue weighted by atomic mass is 15.5. The molecule has 2 N–H and O–H groups in total. The van der Waals surface area contributed by atoms with Gasteiger partial charge in [-0.05, 0) is 5.56 Å². The summed E-state index contributed by atoms with van der Waals surface area (Å²) in [6, 6.07) is 9.89. The Morgan fingerprint density at radius 3 is 2.43 bits per heavy atom. The first-order valence-corrected chi connectivity index (χ1v) is 4.51. The summed E-state index contributed by atoms with van der Waals surface area (Å²) in [7, 11) is 0. The second-order valence-electron chi connectivity index (χ2n) is 3.10. The summed E-state index contributed by atoms with van der Waals surface area (Å²) in [6.07, 6.45) is 3.30. The number of rotatable bonds is 3. The van der Waals surface area contributed by atoms with Gasteiger partial charge in [-0.1, -0.05) is 30.3 Å². The molecule has 0 bridgehead atoms. The van der Waals surface area contributed by atoms with Crippen LogP contribution in [0.2, 0.25) is 0 Å². The summed E-state index contributed by atoms with van der Waals surface area (Å²) in [5, 5.41) is 8.01. The van der Waals surface area contributed by atoms with Crippen molar-refractivity contribution in [1.82, 2.24) is 15.0 Å². The van der Waals surface area contributed by atoms with E-state index in [-0.39, 0.29) is 6.04 Å². The number of nitrogens with two attached hydrogens (primary N) is 1. The molecule has 1 heterocycles. The summed E-state index contributed by atoms with van der Waals surface area (Å²) >= 11 is 0. The molecular weight excluding hydrogens is 176 g/mol. The molecule has 0 unspecified atom stereocenters. The molecule has 0 aliphatic carbocycles. The molecule has 4 nitrogen and oxygen atoms in total. The van der Waals surface area contributed by atoms with Gasteiger partial charge in [-0.2, -0.15) is 15.0 Å². The Kier molecular flexibility index (Phi) is 2.55. The molecule has 0 fully saturated rings. The van der Waals surface area contributed by atoms with Crippen molar-refractivity contribution in [3.63, 3.8) is 0 Å². The van der Waals surface area contributed by atoms with Crippen LogP contribution in [0.5, 0.6) is 0 Å². The predicted octanol–water partition coefficient (Wildman–Crippen LogP) is 0.978. The maximum atomic E-state index is 5.99. The highest BCUT2D eigenvalue weighted by Crippen LogP contribution is 2.10. The van der Waals surface area contributed by atoms with Crippen molar-refractivity contribution in [2.45, 2.75) is 12.6 Å². The standard InChI is InChI=1S/C10H12N4/c11-10(8-14-12-6-7-13-14)9-4-2-1-3-5-9/h1-7,10H,8,11H2/t10-/m1/s1. The minimum absolute atomic E-state index is 0.0522. The largest absolute Gasteiger partial charge is 0.322 e. The predicted molar refractivity (Wildman–Crippen MR) is 53.4 cm³/mol. The van der Waals surface area contributed by atoms with Crippen LogP contribution >= 0.6 is 0 Å². The van der Waals surface area contributed by atoms with Gasteiger partial charge in [0.2, 0.25) is 0 Å². The molecule has 0 aliphatic heterocycles. The Bertz CT molecular complexity index is 368. The SMILES string of the molecule is N[C@H](Cn1nccn1)c1ccccc1. The van der Waals surface area contributed by atoms with Gasteiger partial charge in [0.1, 0.15) is 0 Å². The van der Waals surface area contributed by atoms with E-state index in [2.05, 4.69) is 10.2 Å². The first-order valence-electron chi connectivity index (χ1n) is 4.51. The molecule has 4 heteroatoms. The van der Waals surface area contributed by atoms with Crippen LogP contribution in [0, 0.1) is 0 Å². The zero-order chi connectivity index (χ0) is 9.80. The quantitative estimate of drug-likeness (QED) is 0.781. The minimum atomic E-state index is -0.0522. The lowest BCUT2D eigenvalue weighted by Crippen LogP contribution is -2.19. The van der Waals surface area contributed by atoms with Crippen LogP contribution in [-0.2, 0) is 6.54 Å². The molecule has 14 heavy (non-hydrogen) atoms. The van der Waals surface area contributed by atoms with Gasteiger partial charge in [0, 0.05) is 0 Å². The molecule has 1 aromatic carbocycles. The van der Waals surface area contributed by atoms with E-state index in [9.17, 15) is 0 Å². The summed E-state index contributed by atoms with van der Waals surface area (Å²) in [4.78, 5) is 1.59. The second-order valence-corrected chi connectivity index (χ2v) is 3.10. The average molecular weight is 188 g/mol. The summed E-state index contributed by atoms with van der Waals surface area (Å²) < 4.78 is 0. The minimum Gasteiger partial charge on any atom is -0.322 e. The third-order valence-electron chi connectivity index (χ3n) is 2.05. The van der Waals surface area contributed by atoms with Crippen molar-refractivity contribution in [2.24, 2.45) is 5.73 Å². The van der Waals surface area contributed by atoms with Crippen molar-refractivity contribution >= 4 is 0 Å². The van der Waals surface area contributed by atoms with E-state index in [1.807, 2.05) is 30.3 Å². The Morgan fingerprint density at radius 1 is 1.14 bits per heavy atom. The Labute approximate surface area is 82.4 Å². The average Bonchev–Trinajstić information content (AvgIpc) is 2.72. The first kappa shape index (κ1) is 8.90. The van der Waals surface area contributed by atoms with Gasteiger partial charge in [-0.25, -0.2) is 0 Å². The molecule has 0 saturated carbocycles. The Morgan fingerprint density at radius 2 is 1.79 bits per heavy atom. The molecule has 2 aromatic rings. The summed E-state index contributed by atoms with van der Waals surface area (Å²) in [6.45, 7) is 0.608. The van der Waals surface area contributed by atoms with Crippen molar-refractivity contribution in [1.29, 1.82) is 0 Å². The van der Waals surface area contributed by atoms with Gasteiger partial charge in [0.05, 0.1) is 25.0 Å². The van der Waals surface area contributed by atoms with Crippen LogP contribution in [0.15, 0.2) is 42.7 Å². The van der Waals surface area contributed by atoms with Crippen LogP contribution < -0.4 is 5.73 Å². The van der Waals surface area contributed by atoms with Gasteiger partial charge in [-0.3, -0.25) is 0 Å². The number of hydrogen-bond acceptors (Lipinski definition) is 3. The number of hydrogen-bond donors (Lipinski definition) is 1. The molecule has 72 valence electrons. The van der Waals surface area contributed by atoms with E-state index in [1.54, 1.807) is 17.2 Å². The molecule has 1 atom stereocenters. The monoisotopic (exact) mass is 188 g/mol. The van der Waals surface area contributed by atoms with E-state index >= 15 is 0 Å². The van der Waals surface area contributed by atoms with E-state index < -0.39 is 0 Å². The lowest BCUT2D eigenvalue weighted by atomic mass is 10.1. The third kappa shape index (κ3) is 1.97. The summed E-state index contributed by atoms with van der Waals surface area (Å²) in [5.41, 5.74) is 7.09. The fraction of sp³-hybridized carbons (Fsp3) is 0.200. The van der Waals surface area contributed by atoms with Gasteiger partial charge < -0.3 is 5.73 Å². The molecule has 0 amide bonds. The molecule has 0 saturated heterocycles. The maximum absolute atomic E-state index is 5.99. The fourth-order valence-electron chi connectivity index (χ4n) is 1.32. The smallest absolute Gasteiger partial charge is 0.0800 e. The summed E-state index contributed by atoms with van der Waals surface area (Å²) in [5.74, 6) is 0. The first-order chi connectivity index (χ1) is 6.86. The zero-order valence-electron chi connectivity index (χ0n) is 7.74. The van der Waals surface area contributed by atoms with E-state index in [1.165, 1.54) is 0 Å². The zero-order valence-corrected chi connectivity index (χ0v) is 7.74. The lowest BCUT2D eigenvalue weighted by Gasteiger charge is -2.10. The number of benzene rings is 1. The van der Waals surface area contributed by atoms with Crippen molar-refractivity contribution in [3.05, 3.63) is 48.3 Å². The van der Waals surface area contributed by atoms with Gasteiger partial charge in [0.15, 0.2) is 0 Å². The van der Waals surface area contributed by atoms with Crippen LogP contribution in [0.1, 0.15) is 11.6 Å². The van der Waals surface area contributed by atoms with Crippen molar-refractivity contribution < 1.29 is 0 Å². The highest BCUT2D eigenvalue weighted by molar-refractivity contribution is 5.17. The van der Waals surface area contributed by atoms with Gasteiger partial charge in [0.25, 0.3) is 0 Å². The van der Waals surface area contributed by atoms with E-state index in [0.717, 1.165) is 5.56 Å². The van der Waals surface area contributed by atoms with Crippen LogP contribution in [-0.4, -0.2) is 15.0 Å². The normalized spacial score (nSPS) is 12.6. The topological polar surface area (TPSA) is 56.7 Å². The van der Waals surface area contributed by atoms with Crippen LogP contribution in [0.25, 0.3) is 0 Å². The molecular formula is C10H12N4. The Balaban J connectivity index is 2.07. The second kappa shape index (κ2) is 4.02. The number of nitrogens with zero attached hydrogens (tertiary/aromatic N) is 3. The van der Waals surface area contributed by atoms with E-state index in [4.69, 9.17) is 5.73 Å².